The third-order valence-electron chi connectivity index (χ3n) is 12.1. The minimum absolute atomic E-state index is 0. The first-order valence-electron chi connectivity index (χ1n) is 22.8. The van der Waals surface area contributed by atoms with E-state index in [1.807, 2.05) is 4.90 Å². The second-order valence-electron chi connectivity index (χ2n) is 17.9. The van der Waals surface area contributed by atoms with Crippen molar-refractivity contribution >= 4 is 17.6 Å². The molecule has 0 aliphatic carbocycles. The lowest BCUT2D eigenvalue weighted by Crippen LogP contribution is -2.50. The van der Waals surface area contributed by atoms with Gasteiger partial charge in [0.15, 0.2) is 0 Å². The molecule has 368 valence electrons. The first-order valence-corrected chi connectivity index (χ1v) is 22.8. The van der Waals surface area contributed by atoms with E-state index in [2.05, 4.69) is 99.1 Å². The molecule has 0 spiro atoms. The van der Waals surface area contributed by atoms with Gasteiger partial charge in [0.2, 0.25) is 11.8 Å². The van der Waals surface area contributed by atoms with Crippen molar-refractivity contribution < 1.29 is 23.9 Å². The van der Waals surface area contributed by atoms with E-state index in [0.717, 1.165) is 111 Å². The number of likely N-dealkylation sites (tertiary alicyclic amines) is 3. The summed E-state index contributed by atoms with van der Waals surface area (Å²) in [6.45, 7) is 38.2. The Labute approximate surface area is 380 Å². The Kier molecular flexibility index (Phi) is 40.7. The second-order valence-corrected chi connectivity index (χ2v) is 17.9. The number of ether oxygens (including phenoxy) is 2. The van der Waals surface area contributed by atoms with E-state index in [0.29, 0.717) is 42.0 Å². The Morgan fingerprint density at radius 1 is 0.607 bits per heavy atom. The van der Waals surface area contributed by atoms with E-state index in [9.17, 15) is 14.4 Å². The number of amides is 2. The number of rotatable bonds is 8. The van der Waals surface area contributed by atoms with Crippen LogP contribution in [0.4, 0.5) is 0 Å². The van der Waals surface area contributed by atoms with Crippen LogP contribution in [0.2, 0.25) is 0 Å². The summed E-state index contributed by atoms with van der Waals surface area (Å²) >= 11 is 0. The fraction of sp³-hybridized carbons (Fsp3) is 0.939. The second kappa shape index (κ2) is 37.7. The summed E-state index contributed by atoms with van der Waals surface area (Å²) in [5, 5.41) is 2.72. The molecule has 5 heterocycles. The summed E-state index contributed by atoms with van der Waals surface area (Å²) in [6, 6.07) is 3.87. The summed E-state index contributed by atoms with van der Waals surface area (Å²) in [4.78, 5) is 47.4. The zero-order valence-electron chi connectivity index (χ0n) is 39.3. The topological polar surface area (TPSA) is 101 Å². The zero-order valence-corrected chi connectivity index (χ0v) is 39.3. The number of piperidine rings is 1. The first-order chi connectivity index (χ1) is 27.0. The smallest absolute Gasteiger partial charge is 0.222 e. The van der Waals surface area contributed by atoms with Crippen LogP contribution < -0.4 is 5.32 Å². The molecule has 0 radical (unpaired) electrons. The average molecular weight is 874 g/mol. The molecule has 5 aliphatic rings. The summed E-state index contributed by atoms with van der Waals surface area (Å²) in [6.07, 6.45) is 8.48. The maximum atomic E-state index is 11.3. The molecule has 0 aromatic heterocycles. The highest BCUT2D eigenvalue weighted by molar-refractivity contribution is 5.79. The van der Waals surface area contributed by atoms with Gasteiger partial charge in [0, 0.05) is 129 Å². The van der Waals surface area contributed by atoms with Crippen LogP contribution in [-0.2, 0) is 23.9 Å². The molecule has 12 nitrogen and oxygen atoms in total. The number of carbonyl (C=O) groups excluding carboxylic acids is 3. The number of ketones is 1. The number of nitrogens with one attached hydrogen (secondary N) is 1. The molecule has 2 amide bonds. The molecule has 0 saturated carbocycles. The molecule has 5 aliphatic heterocycles. The van der Waals surface area contributed by atoms with Crippen LogP contribution in [0.1, 0.15) is 157 Å². The SMILES string of the molecule is C.C.C.C.CC(=O)N1CCN(C(C)C)CC1.CC(C)N1CCCC(=O)CC1.CC(C)N1CCCOCC1.CNC(=O)C1CCN(C(C)C)CC1.COC[C@H]1CCCN1C(C)C. The largest absolute Gasteiger partial charge is 0.383 e. The highest BCUT2D eigenvalue weighted by atomic mass is 16.5. The lowest BCUT2D eigenvalue weighted by Gasteiger charge is -2.36. The fourth-order valence-electron chi connectivity index (χ4n) is 8.13. The average Bonchev–Trinajstić information content (AvgIpc) is 3.33. The molecule has 0 bridgehead atoms. The highest BCUT2D eigenvalue weighted by Crippen LogP contribution is 2.20. The Morgan fingerprint density at radius 3 is 1.57 bits per heavy atom. The van der Waals surface area contributed by atoms with Crippen LogP contribution >= 0.6 is 0 Å². The highest BCUT2D eigenvalue weighted by Gasteiger charge is 2.26. The van der Waals surface area contributed by atoms with E-state index >= 15 is 0 Å². The first kappa shape index (κ1) is 65.9. The van der Waals surface area contributed by atoms with Crippen molar-refractivity contribution in [2.24, 2.45) is 5.92 Å². The van der Waals surface area contributed by atoms with E-state index < -0.39 is 0 Å². The molecule has 5 rings (SSSR count). The van der Waals surface area contributed by atoms with Gasteiger partial charge in [-0.3, -0.25) is 29.1 Å². The summed E-state index contributed by atoms with van der Waals surface area (Å²) in [5.41, 5.74) is 0. The van der Waals surface area contributed by atoms with Gasteiger partial charge in [-0.2, -0.15) is 0 Å². The standard InChI is InChI=1S/C10H20N2O.C9H18N2O.C9H19NO.C9H17NO.C8H17NO.4CH4/c1-8(2)12-6-4-9(5-7-12)10(13)11-3;1-8(2)10-4-6-11(7-5-10)9(3)12;1-8(2)10-6-4-5-9(10)7-11-3;1-8(2)10-6-3-4-9(11)5-7-10;1-8(2)9-4-3-6-10-7-5-9;;;;/h8-9H,4-7H2,1-3H3,(H,11,13);8H,4-7H2,1-3H3;8-9H,4-7H2,1-3H3;8H,3-7H2,1-2H3;8H,3-7H2,1-2H3;4*1H4/t;;9-;;;;;;/m..1....../s1. The van der Waals surface area contributed by atoms with Crippen molar-refractivity contribution in [2.75, 3.05) is 106 Å². The summed E-state index contributed by atoms with van der Waals surface area (Å²) in [5.74, 6) is 1.11. The third kappa shape index (κ3) is 28.0. The molecule has 0 aromatic rings. The number of hydrogen-bond donors (Lipinski definition) is 1. The summed E-state index contributed by atoms with van der Waals surface area (Å²) in [7, 11) is 3.51. The van der Waals surface area contributed by atoms with E-state index in [4.69, 9.17) is 9.47 Å². The van der Waals surface area contributed by atoms with Crippen molar-refractivity contribution in [2.45, 2.75) is 193 Å². The van der Waals surface area contributed by atoms with Gasteiger partial charge in [-0.1, -0.05) is 29.7 Å². The van der Waals surface area contributed by atoms with Crippen LogP contribution in [-0.4, -0.2) is 189 Å². The van der Waals surface area contributed by atoms with Gasteiger partial charge in [0.05, 0.1) is 13.2 Å². The van der Waals surface area contributed by atoms with Crippen LogP contribution in [0.5, 0.6) is 0 Å². The molecule has 61 heavy (non-hydrogen) atoms. The summed E-state index contributed by atoms with van der Waals surface area (Å²) < 4.78 is 10.5. The molecule has 5 fully saturated rings. The van der Waals surface area contributed by atoms with Crippen LogP contribution in [0.25, 0.3) is 0 Å². The monoisotopic (exact) mass is 874 g/mol. The van der Waals surface area contributed by atoms with Crippen molar-refractivity contribution in [3.05, 3.63) is 0 Å². The molecule has 1 atom stereocenters. The molecule has 0 unspecified atom stereocenters. The predicted octanol–water partition coefficient (Wildman–Crippen LogP) is 8.03. The van der Waals surface area contributed by atoms with Crippen LogP contribution in [0.3, 0.4) is 0 Å². The maximum absolute atomic E-state index is 11.3. The normalized spacial score (nSPS) is 21.0. The van der Waals surface area contributed by atoms with Gasteiger partial charge >= 0.3 is 0 Å². The van der Waals surface area contributed by atoms with Gasteiger partial charge in [-0.15, -0.1) is 0 Å². The molecular weight excluding hydrogens is 767 g/mol. The number of nitrogens with zero attached hydrogens (tertiary/aromatic N) is 6. The minimum atomic E-state index is 0. The lowest BCUT2D eigenvalue weighted by molar-refractivity contribution is -0.130. The lowest BCUT2D eigenvalue weighted by atomic mass is 9.95. The fourth-order valence-corrected chi connectivity index (χ4v) is 8.13. The number of hydrogen-bond acceptors (Lipinski definition) is 10. The molecule has 0 aromatic carbocycles. The van der Waals surface area contributed by atoms with Gasteiger partial charge < -0.3 is 29.5 Å². The number of piperazine rings is 1. The number of Topliss-reactive ketones (excluding diaryl/α,β-unsaturated/α-hetero) is 1. The Morgan fingerprint density at radius 2 is 1.10 bits per heavy atom. The van der Waals surface area contributed by atoms with Crippen molar-refractivity contribution in [3.63, 3.8) is 0 Å². The zero-order chi connectivity index (χ0) is 42.9. The van der Waals surface area contributed by atoms with Gasteiger partial charge in [0.25, 0.3) is 0 Å². The van der Waals surface area contributed by atoms with Gasteiger partial charge in [-0.25, -0.2) is 0 Å². The molecule has 12 heteroatoms. The molecule has 1 N–H and O–H groups in total. The molecular formula is C49H107N7O5. The maximum Gasteiger partial charge on any atom is 0.222 e. The number of methoxy groups -OCH3 is 1. The Balaban J connectivity index is -0.000000328. The van der Waals surface area contributed by atoms with E-state index in [-0.39, 0.29) is 47.4 Å². The van der Waals surface area contributed by atoms with Crippen LogP contribution in [0.15, 0.2) is 0 Å². The predicted molar refractivity (Wildman–Crippen MR) is 264 cm³/mol. The van der Waals surface area contributed by atoms with Gasteiger partial charge in [-0.05, 0) is 134 Å². The molecule has 5 saturated heterocycles. The third-order valence-corrected chi connectivity index (χ3v) is 12.1. The van der Waals surface area contributed by atoms with Crippen molar-refractivity contribution in [3.8, 4) is 0 Å². The van der Waals surface area contributed by atoms with Gasteiger partial charge in [0.1, 0.15) is 5.78 Å². The minimum Gasteiger partial charge on any atom is -0.383 e. The quantitative estimate of drug-likeness (QED) is 0.258. The van der Waals surface area contributed by atoms with Crippen molar-refractivity contribution in [1.29, 1.82) is 0 Å². The van der Waals surface area contributed by atoms with Crippen molar-refractivity contribution in [1.82, 2.24) is 34.7 Å². The van der Waals surface area contributed by atoms with E-state index in [1.165, 1.54) is 32.4 Å². The Hall–Kier alpha value is -1.67. The number of carbonyl (C=O) groups is 3. The van der Waals surface area contributed by atoms with E-state index in [1.54, 1.807) is 21.1 Å². The Bertz CT molecular complexity index is 1050. The van der Waals surface area contributed by atoms with Crippen LogP contribution in [0, 0.1) is 5.92 Å².